The fourth-order valence-electron chi connectivity index (χ4n) is 2.23. The second kappa shape index (κ2) is 5.87. The van der Waals surface area contributed by atoms with Crippen molar-refractivity contribution >= 4 is 11.8 Å². The van der Waals surface area contributed by atoms with E-state index in [2.05, 4.69) is 5.32 Å². The first-order chi connectivity index (χ1) is 9.56. The zero-order valence-electron chi connectivity index (χ0n) is 11.1. The standard InChI is InChI=1S/C13H16FN3O3/c1-20-10-4-2-3-8(14)11(10)13(19)17-6-5-16-7-9(17)12(15)18/h2-4,9,16H,5-7H2,1H3,(H2,15,18). The topological polar surface area (TPSA) is 84.7 Å². The molecule has 1 aliphatic heterocycles. The molecule has 1 heterocycles. The van der Waals surface area contributed by atoms with Crippen LogP contribution in [0.1, 0.15) is 10.4 Å². The number of primary amides is 1. The van der Waals surface area contributed by atoms with Crippen molar-refractivity contribution < 1.29 is 18.7 Å². The molecule has 1 fully saturated rings. The molecule has 0 bridgehead atoms. The highest BCUT2D eigenvalue weighted by Crippen LogP contribution is 2.24. The summed E-state index contributed by atoms with van der Waals surface area (Å²) in [5.74, 6) is -1.76. The minimum absolute atomic E-state index is 0.136. The van der Waals surface area contributed by atoms with Gasteiger partial charge < -0.3 is 20.7 Å². The van der Waals surface area contributed by atoms with Crippen molar-refractivity contribution in [3.05, 3.63) is 29.6 Å². The molecule has 1 aliphatic rings. The number of halogens is 1. The van der Waals surface area contributed by atoms with Gasteiger partial charge in [0.15, 0.2) is 0 Å². The van der Waals surface area contributed by atoms with E-state index < -0.39 is 23.7 Å². The van der Waals surface area contributed by atoms with Crippen LogP contribution in [0, 0.1) is 5.82 Å². The van der Waals surface area contributed by atoms with Gasteiger partial charge in [0.05, 0.1) is 7.11 Å². The molecule has 1 saturated heterocycles. The number of piperazine rings is 1. The van der Waals surface area contributed by atoms with Crippen LogP contribution < -0.4 is 15.8 Å². The molecule has 7 heteroatoms. The number of methoxy groups -OCH3 is 1. The van der Waals surface area contributed by atoms with E-state index in [-0.39, 0.29) is 24.4 Å². The van der Waals surface area contributed by atoms with Crippen molar-refractivity contribution in [2.75, 3.05) is 26.7 Å². The second-order valence-corrected chi connectivity index (χ2v) is 4.44. The van der Waals surface area contributed by atoms with E-state index >= 15 is 0 Å². The molecule has 6 nitrogen and oxygen atoms in total. The largest absolute Gasteiger partial charge is 0.496 e. The molecule has 20 heavy (non-hydrogen) atoms. The molecule has 1 aromatic rings. The van der Waals surface area contributed by atoms with E-state index in [1.165, 1.54) is 30.2 Å². The molecule has 1 atom stereocenters. The lowest BCUT2D eigenvalue weighted by molar-refractivity contribution is -0.122. The van der Waals surface area contributed by atoms with Crippen molar-refractivity contribution in [3.8, 4) is 5.75 Å². The monoisotopic (exact) mass is 281 g/mol. The quantitative estimate of drug-likeness (QED) is 0.799. The molecule has 2 amide bonds. The van der Waals surface area contributed by atoms with Crippen LogP contribution in [0.25, 0.3) is 0 Å². The summed E-state index contributed by atoms with van der Waals surface area (Å²) in [7, 11) is 1.36. The first kappa shape index (κ1) is 14.3. The summed E-state index contributed by atoms with van der Waals surface area (Å²) in [6, 6.07) is 3.34. The molecule has 0 saturated carbocycles. The van der Waals surface area contributed by atoms with Crippen molar-refractivity contribution in [1.82, 2.24) is 10.2 Å². The van der Waals surface area contributed by atoms with Gasteiger partial charge in [-0.15, -0.1) is 0 Å². The first-order valence-electron chi connectivity index (χ1n) is 6.19. The van der Waals surface area contributed by atoms with Crippen LogP contribution in [0.5, 0.6) is 5.75 Å². The average Bonchev–Trinajstić information content (AvgIpc) is 2.46. The Morgan fingerprint density at radius 1 is 1.50 bits per heavy atom. The summed E-state index contributed by atoms with van der Waals surface area (Å²) < 4.78 is 18.9. The smallest absolute Gasteiger partial charge is 0.261 e. The number of benzene rings is 1. The predicted octanol–water partition coefficient (Wildman–Crippen LogP) is -0.266. The Morgan fingerprint density at radius 2 is 2.25 bits per heavy atom. The summed E-state index contributed by atoms with van der Waals surface area (Å²) >= 11 is 0. The number of hydrogen-bond donors (Lipinski definition) is 2. The van der Waals surface area contributed by atoms with Crippen LogP contribution in [-0.4, -0.2) is 49.5 Å². The SMILES string of the molecule is COc1cccc(F)c1C(=O)N1CCNCC1C(N)=O. The van der Waals surface area contributed by atoms with Gasteiger partial charge in [0.1, 0.15) is 23.2 Å². The van der Waals surface area contributed by atoms with Crippen LogP contribution in [-0.2, 0) is 4.79 Å². The summed E-state index contributed by atoms with van der Waals surface area (Å²) in [5, 5.41) is 2.98. The van der Waals surface area contributed by atoms with Crippen molar-refractivity contribution in [2.45, 2.75) is 6.04 Å². The third-order valence-electron chi connectivity index (χ3n) is 3.24. The maximum Gasteiger partial charge on any atom is 0.261 e. The maximum atomic E-state index is 13.9. The highest BCUT2D eigenvalue weighted by atomic mass is 19.1. The molecular formula is C13H16FN3O3. The highest BCUT2D eigenvalue weighted by Gasteiger charge is 2.33. The van der Waals surface area contributed by atoms with Crippen LogP contribution in [0.2, 0.25) is 0 Å². The van der Waals surface area contributed by atoms with Crippen molar-refractivity contribution in [3.63, 3.8) is 0 Å². The molecule has 0 spiro atoms. The zero-order valence-corrected chi connectivity index (χ0v) is 11.1. The molecule has 0 aromatic heterocycles. The summed E-state index contributed by atoms with van der Waals surface area (Å²) in [6.07, 6.45) is 0. The zero-order chi connectivity index (χ0) is 14.7. The van der Waals surface area contributed by atoms with Crippen molar-refractivity contribution in [1.29, 1.82) is 0 Å². The number of nitrogens with one attached hydrogen (secondary N) is 1. The Morgan fingerprint density at radius 3 is 2.90 bits per heavy atom. The van der Waals surface area contributed by atoms with Gasteiger partial charge in [0.2, 0.25) is 5.91 Å². The number of hydrogen-bond acceptors (Lipinski definition) is 4. The number of amides is 2. The number of ether oxygens (including phenoxy) is 1. The lowest BCUT2D eigenvalue weighted by Crippen LogP contribution is -2.58. The molecule has 1 aromatic carbocycles. The summed E-state index contributed by atoms with van der Waals surface area (Å²) in [6.45, 7) is 1.06. The Hall–Kier alpha value is -2.15. The Bertz CT molecular complexity index is 536. The number of carbonyl (C=O) groups excluding carboxylic acids is 2. The first-order valence-corrected chi connectivity index (χ1v) is 6.19. The number of rotatable bonds is 3. The second-order valence-electron chi connectivity index (χ2n) is 4.44. The number of nitrogens with two attached hydrogens (primary N) is 1. The van der Waals surface area contributed by atoms with Crippen LogP contribution in [0.3, 0.4) is 0 Å². The molecule has 1 unspecified atom stereocenters. The fourth-order valence-corrected chi connectivity index (χ4v) is 2.23. The predicted molar refractivity (Wildman–Crippen MR) is 69.8 cm³/mol. The van der Waals surface area contributed by atoms with Gasteiger partial charge in [-0.2, -0.15) is 0 Å². The Labute approximate surface area is 115 Å². The molecule has 108 valence electrons. The normalized spacial score (nSPS) is 18.7. The maximum absolute atomic E-state index is 13.9. The van der Waals surface area contributed by atoms with Gasteiger partial charge in [-0.3, -0.25) is 9.59 Å². The molecular weight excluding hydrogens is 265 g/mol. The third kappa shape index (κ3) is 2.57. The molecule has 2 rings (SSSR count). The average molecular weight is 281 g/mol. The van der Waals surface area contributed by atoms with Gasteiger partial charge in [0, 0.05) is 19.6 Å². The summed E-state index contributed by atoms with van der Waals surface area (Å²) in [5.41, 5.74) is 5.11. The number of nitrogens with zero attached hydrogens (tertiary/aromatic N) is 1. The van der Waals surface area contributed by atoms with Gasteiger partial charge in [-0.1, -0.05) is 6.07 Å². The van der Waals surface area contributed by atoms with Crippen molar-refractivity contribution in [2.24, 2.45) is 5.73 Å². The minimum atomic E-state index is -0.791. The molecule has 0 aliphatic carbocycles. The van der Waals surface area contributed by atoms with Crippen LogP contribution in [0.15, 0.2) is 18.2 Å². The van der Waals surface area contributed by atoms with Gasteiger partial charge in [-0.05, 0) is 12.1 Å². The van der Waals surface area contributed by atoms with Crippen LogP contribution >= 0.6 is 0 Å². The fraction of sp³-hybridized carbons (Fsp3) is 0.385. The van der Waals surface area contributed by atoms with E-state index in [0.717, 1.165) is 0 Å². The molecule has 3 N–H and O–H groups in total. The van der Waals surface area contributed by atoms with E-state index in [9.17, 15) is 14.0 Å². The Balaban J connectivity index is 2.37. The van der Waals surface area contributed by atoms with E-state index in [4.69, 9.17) is 10.5 Å². The van der Waals surface area contributed by atoms with E-state index in [0.29, 0.717) is 6.54 Å². The summed E-state index contributed by atoms with van der Waals surface area (Å²) in [4.78, 5) is 25.2. The highest BCUT2D eigenvalue weighted by molar-refractivity contribution is 6.00. The van der Waals surface area contributed by atoms with E-state index in [1.807, 2.05) is 0 Å². The lowest BCUT2D eigenvalue weighted by atomic mass is 10.1. The lowest BCUT2D eigenvalue weighted by Gasteiger charge is -2.34. The van der Waals surface area contributed by atoms with Gasteiger partial charge in [0.25, 0.3) is 5.91 Å². The van der Waals surface area contributed by atoms with Gasteiger partial charge in [-0.25, -0.2) is 4.39 Å². The molecule has 0 radical (unpaired) electrons. The van der Waals surface area contributed by atoms with E-state index in [1.54, 1.807) is 0 Å². The van der Waals surface area contributed by atoms with Crippen LogP contribution in [0.4, 0.5) is 4.39 Å². The minimum Gasteiger partial charge on any atom is -0.496 e. The number of carbonyl (C=O) groups is 2. The Kier molecular flexibility index (Phi) is 4.19. The van der Waals surface area contributed by atoms with Gasteiger partial charge >= 0.3 is 0 Å². The third-order valence-corrected chi connectivity index (χ3v) is 3.24.